The molecule has 3 N–H and O–H groups in total. The summed E-state index contributed by atoms with van der Waals surface area (Å²) in [7, 11) is 0. The van der Waals surface area contributed by atoms with Crippen molar-refractivity contribution in [1.29, 1.82) is 0 Å². The monoisotopic (exact) mass is 262 g/mol. The maximum atomic E-state index is 9.69. The molecule has 0 bridgehead atoms. The van der Waals surface area contributed by atoms with E-state index in [-0.39, 0.29) is 17.2 Å². The third-order valence-corrected chi connectivity index (χ3v) is 2.98. The Morgan fingerprint density at radius 1 is 1.00 bits per heavy atom. The van der Waals surface area contributed by atoms with Crippen molar-refractivity contribution in [2.75, 3.05) is 0 Å². The Bertz CT molecular complexity index is 495. The molecule has 19 heavy (non-hydrogen) atoms. The molecule has 0 unspecified atom stereocenters. The molecule has 0 aliphatic rings. The average Bonchev–Trinajstić information content (AvgIpc) is 2.33. The SMILES string of the molecule is CC(C)=CCC/C(C)=C/Cc1c(O)ccc(O)c1O. The normalized spacial score (nSPS) is 11.4. The lowest BCUT2D eigenvalue weighted by Gasteiger charge is -2.07. The highest BCUT2D eigenvalue weighted by atomic mass is 16.3. The Balaban J connectivity index is 2.70. The van der Waals surface area contributed by atoms with Crippen LogP contribution in [0.15, 0.2) is 35.4 Å². The molecular weight excluding hydrogens is 240 g/mol. The number of rotatable bonds is 5. The van der Waals surface area contributed by atoms with E-state index >= 15 is 0 Å². The van der Waals surface area contributed by atoms with Gasteiger partial charge in [0.15, 0.2) is 11.5 Å². The molecule has 0 saturated carbocycles. The Labute approximate surface area is 114 Å². The fourth-order valence-electron chi connectivity index (χ4n) is 1.78. The fraction of sp³-hybridized carbons (Fsp3) is 0.375. The average molecular weight is 262 g/mol. The first kappa shape index (κ1) is 15.2. The number of phenols is 3. The maximum Gasteiger partial charge on any atom is 0.164 e. The van der Waals surface area contributed by atoms with E-state index in [2.05, 4.69) is 19.9 Å². The highest BCUT2D eigenvalue weighted by Crippen LogP contribution is 2.35. The first-order chi connectivity index (χ1) is 8.91. The number of phenolic OH excluding ortho intramolecular Hbond substituents is 3. The van der Waals surface area contributed by atoms with Gasteiger partial charge in [0.05, 0.1) is 0 Å². The van der Waals surface area contributed by atoms with E-state index in [1.165, 1.54) is 23.3 Å². The van der Waals surface area contributed by atoms with Gasteiger partial charge in [-0.05, 0) is 52.2 Å². The zero-order valence-corrected chi connectivity index (χ0v) is 11.8. The molecule has 0 heterocycles. The van der Waals surface area contributed by atoms with Gasteiger partial charge in [-0.25, -0.2) is 0 Å². The molecule has 1 aromatic carbocycles. The van der Waals surface area contributed by atoms with Crippen LogP contribution in [0.25, 0.3) is 0 Å². The number of allylic oxidation sites excluding steroid dienone is 4. The highest BCUT2D eigenvalue weighted by Gasteiger charge is 2.10. The van der Waals surface area contributed by atoms with Crippen LogP contribution in [-0.2, 0) is 6.42 Å². The minimum atomic E-state index is -0.242. The molecule has 104 valence electrons. The summed E-state index contributed by atoms with van der Waals surface area (Å²) in [4.78, 5) is 0. The highest BCUT2D eigenvalue weighted by molar-refractivity contribution is 5.52. The molecule has 0 fully saturated rings. The Morgan fingerprint density at radius 3 is 2.26 bits per heavy atom. The van der Waals surface area contributed by atoms with Gasteiger partial charge in [0.1, 0.15) is 5.75 Å². The lowest BCUT2D eigenvalue weighted by Crippen LogP contribution is -1.87. The molecule has 0 saturated heterocycles. The summed E-state index contributed by atoms with van der Waals surface area (Å²) in [5.74, 6) is -0.444. The third kappa shape index (κ3) is 4.70. The lowest BCUT2D eigenvalue weighted by atomic mass is 10.0. The topological polar surface area (TPSA) is 60.7 Å². The fourth-order valence-corrected chi connectivity index (χ4v) is 1.78. The molecule has 3 nitrogen and oxygen atoms in total. The maximum absolute atomic E-state index is 9.69. The van der Waals surface area contributed by atoms with Crippen molar-refractivity contribution in [2.24, 2.45) is 0 Å². The zero-order valence-electron chi connectivity index (χ0n) is 11.8. The number of aromatic hydroxyl groups is 3. The quantitative estimate of drug-likeness (QED) is 0.426. The molecule has 0 aliphatic carbocycles. The van der Waals surface area contributed by atoms with E-state index in [0.717, 1.165) is 12.8 Å². The van der Waals surface area contributed by atoms with Gasteiger partial charge in [-0.3, -0.25) is 0 Å². The minimum Gasteiger partial charge on any atom is -0.508 e. The van der Waals surface area contributed by atoms with E-state index < -0.39 is 0 Å². The Kier molecular flexibility index (Phi) is 5.49. The van der Waals surface area contributed by atoms with E-state index in [0.29, 0.717) is 12.0 Å². The summed E-state index contributed by atoms with van der Waals surface area (Å²) in [6.45, 7) is 6.17. The first-order valence-corrected chi connectivity index (χ1v) is 6.43. The standard InChI is InChI=1S/C16H22O3/c1-11(2)5-4-6-12(3)7-8-13-14(17)9-10-15(18)16(13)19/h5,7,9-10,17-19H,4,6,8H2,1-3H3/b12-7+. The van der Waals surface area contributed by atoms with Crippen LogP contribution in [0.3, 0.4) is 0 Å². The molecular formula is C16H22O3. The minimum absolute atomic E-state index is 0.00338. The summed E-state index contributed by atoms with van der Waals surface area (Å²) in [6.07, 6.45) is 6.49. The van der Waals surface area contributed by atoms with Crippen LogP contribution in [0.4, 0.5) is 0 Å². The summed E-state index contributed by atoms with van der Waals surface area (Å²) in [5, 5.41) is 28.8. The van der Waals surface area contributed by atoms with E-state index in [1.807, 2.05) is 13.0 Å². The van der Waals surface area contributed by atoms with Gasteiger partial charge < -0.3 is 15.3 Å². The predicted octanol–water partition coefficient (Wildman–Crippen LogP) is 4.04. The summed E-state index contributed by atoms with van der Waals surface area (Å²) < 4.78 is 0. The van der Waals surface area contributed by atoms with Crippen LogP contribution >= 0.6 is 0 Å². The molecule has 0 aliphatic heterocycles. The van der Waals surface area contributed by atoms with Crippen LogP contribution in [0, 0.1) is 0 Å². The molecule has 1 rings (SSSR count). The molecule has 1 aromatic rings. The van der Waals surface area contributed by atoms with Gasteiger partial charge in [0.2, 0.25) is 0 Å². The van der Waals surface area contributed by atoms with Crippen LogP contribution in [0.5, 0.6) is 17.2 Å². The molecule has 0 spiro atoms. The number of benzene rings is 1. The third-order valence-electron chi connectivity index (χ3n) is 2.98. The van der Waals surface area contributed by atoms with E-state index in [4.69, 9.17) is 0 Å². The van der Waals surface area contributed by atoms with Crippen molar-refractivity contribution < 1.29 is 15.3 Å². The lowest BCUT2D eigenvalue weighted by molar-refractivity contribution is 0.391. The molecule has 0 radical (unpaired) electrons. The van der Waals surface area contributed by atoms with Crippen LogP contribution < -0.4 is 0 Å². The van der Waals surface area contributed by atoms with Gasteiger partial charge in [-0.2, -0.15) is 0 Å². The van der Waals surface area contributed by atoms with Gasteiger partial charge in [-0.1, -0.05) is 23.3 Å². The Hall–Kier alpha value is -1.90. The molecule has 0 atom stereocenters. The number of hydrogen-bond acceptors (Lipinski definition) is 3. The molecule has 0 aromatic heterocycles. The van der Waals surface area contributed by atoms with Crippen LogP contribution in [0.1, 0.15) is 39.2 Å². The molecule has 0 amide bonds. The van der Waals surface area contributed by atoms with Crippen molar-refractivity contribution in [3.05, 3.63) is 41.0 Å². The van der Waals surface area contributed by atoms with Crippen molar-refractivity contribution in [3.63, 3.8) is 0 Å². The van der Waals surface area contributed by atoms with Crippen molar-refractivity contribution in [1.82, 2.24) is 0 Å². The second-order valence-electron chi connectivity index (χ2n) is 5.01. The zero-order chi connectivity index (χ0) is 14.4. The Morgan fingerprint density at radius 2 is 1.63 bits per heavy atom. The molecule has 3 heteroatoms. The summed E-state index contributed by atoms with van der Waals surface area (Å²) in [6, 6.07) is 2.66. The second kappa shape index (κ2) is 6.88. The van der Waals surface area contributed by atoms with Crippen molar-refractivity contribution in [3.8, 4) is 17.2 Å². The van der Waals surface area contributed by atoms with Crippen molar-refractivity contribution in [2.45, 2.75) is 40.0 Å². The summed E-state index contributed by atoms with van der Waals surface area (Å²) in [5.41, 5.74) is 2.86. The smallest absolute Gasteiger partial charge is 0.164 e. The van der Waals surface area contributed by atoms with Gasteiger partial charge in [0, 0.05) is 5.56 Å². The second-order valence-corrected chi connectivity index (χ2v) is 5.01. The van der Waals surface area contributed by atoms with E-state index in [1.54, 1.807) is 0 Å². The van der Waals surface area contributed by atoms with E-state index in [9.17, 15) is 15.3 Å². The van der Waals surface area contributed by atoms with Crippen LogP contribution in [-0.4, -0.2) is 15.3 Å². The first-order valence-electron chi connectivity index (χ1n) is 6.43. The van der Waals surface area contributed by atoms with Crippen LogP contribution in [0.2, 0.25) is 0 Å². The number of hydrogen-bond donors (Lipinski definition) is 3. The largest absolute Gasteiger partial charge is 0.508 e. The van der Waals surface area contributed by atoms with Gasteiger partial charge in [0.25, 0.3) is 0 Å². The summed E-state index contributed by atoms with van der Waals surface area (Å²) >= 11 is 0. The van der Waals surface area contributed by atoms with Gasteiger partial charge >= 0.3 is 0 Å². The van der Waals surface area contributed by atoms with Crippen molar-refractivity contribution >= 4 is 0 Å². The van der Waals surface area contributed by atoms with Gasteiger partial charge in [-0.15, -0.1) is 0 Å². The predicted molar refractivity (Wildman–Crippen MR) is 77.6 cm³/mol.